The first kappa shape index (κ1) is 47.1. The molecule has 5 saturated heterocycles. The second kappa shape index (κ2) is 17.5. The number of rotatable bonds is 8. The summed E-state index contributed by atoms with van der Waals surface area (Å²) in [4.78, 5) is 0. The zero-order valence-corrected chi connectivity index (χ0v) is 37.0. The van der Waals surface area contributed by atoms with Gasteiger partial charge < -0.3 is 84.2 Å². The number of nitrogens with one attached hydrogen (secondary N) is 1. The molecule has 1 spiro atoms. The van der Waals surface area contributed by atoms with Gasteiger partial charge in [0, 0.05) is 24.5 Å². The van der Waals surface area contributed by atoms with Gasteiger partial charge in [-0.15, -0.1) is 0 Å². The Morgan fingerprint density at radius 3 is 1.95 bits per heavy atom. The van der Waals surface area contributed by atoms with Crippen LogP contribution in [0.5, 0.6) is 0 Å². The van der Waals surface area contributed by atoms with Crippen LogP contribution in [0.1, 0.15) is 86.0 Å². The number of aliphatic hydroxyl groups is 10. The Kier molecular flexibility index (Phi) is 13.1. The fraction of sp³-hybridized carbons (Fsp3) is 0.956. The molecule has 0 aromatic carbocycles. The maximum absolute atomic E-state index is 12.3. The summed E-state index contributed by atoms with van der Waals surface area (Å²) in [6.07, 6.45) is -14.3. The second-order valence-electron chi connectivity index (χ2n) is 21.2. The molecule has 0 amide bonds. The number of aliphatic hydroxyl groups excluding tert-OH is 10. The highest BCUT2D eigenvalue weighted by Crippen LogP contribution is 2.70. The normalized spacial score (nSPS) is 58.1. The van der Waals surface area contributed by atoms with Gasteiger partial charge in [0.05, 0.1) is 37.1 Å². The minimum absolute atomic E-state index is 0.0534. The molecule has 360 valence electrons. The molecule has 18 heteroatoms. The summed E-state index contributed by atoms with van der Waals surface area (Å²) in [5.74, 6) is 1.56. The zero-order chi connectivity index (χ0) is 45.1. The van der Waals surface area contributed by atoms with E-state index in [-0.39, 0.29) is 53.1 Å². The van der Waals surface area contributed by atoms with E-state index >= 15 is 0 Å². The monoisotopic (exact) mass is 899 g/mol. The van der Waals surface area contributed by atoms with Crippen molar-refractivity contribution in [2.45, 2.75) is 202 Å². The summed E-state index contributed by atoms with van der Waals surface area (Å²) in [6.45, 7) is 10.1. The lowest BCUT2D eigenvalue weighted by Crippen LogP contribution is -2.66. The van der Waals surface area contributed by atoms with Gasteiger partial charge in [0.1, 0.15) is 66.8 Å². The van der Waals surface area contributed by atoms with Crippen molar-refractivity contribution >= 4 is 0 Å². The van der Waals surface area contributed by atoms with Crippen LogP contribution in [0, 0.1) is 46.3 Å². The first-order chi connectivity index (χ1) is 29.9. The van der Waals surface area contributed by atoms with E-state index in [1.165, 1.54) is 19.4 Å². The molecule has 0 aromatic heterocycles. The van der Waals surface area contributed by atoms with Crippen molar-refractivity contribution < 1.29 is 84.2 Å². The average Bonchev–Trinajstić information content (AvgIpc) is 3.71. The zero-order valence-electron chi connectivity index (χ0n) is 37.0. The van der Waals surface area contributed by atoms with Crippen LogP contribution in [0.25, 0.3) is 0 Å². The maximum Gasteiger partial charge on any atom is 0.187 e. The van der Waals surface area contributed by atoms with E-state index < -0.39 is 117 Å². The third-order valence-electron chi connectivity index (χ3n) is 18.1. The van der Waals surface area contributed by atoms with Gasteiger partial charge >= 0.3 is 0 Å². The van der Waals surface area contributed by atoms with Crippen LogP contribution < -0.4 is 5.32 Å². The van der Waals surface area contributed by atoms with Crippen molar-refractivity contribution in [2.75, 3.05) is 19.8 Å². The molecule has 3 unspecified atom stereocenters. The van der Waals surface area contributed by atoms with E-state index in [4.69, 9.17) is 33.2 Å². The van der Waals surface area contributed by atoms with Crippen molar-refractivity contribution in [3.05, 3.63) is 11.6 Å². The van der Waals surface area contributed by atoms with Gasteiger partial charge in [0.25, 0.3) is 0 Å². The molecule has 5 aliphatic heterocycles. The Hall–Kier alpha value is -0.980. The first-order valence-corrected chi connectivity index (χ1v) is 23.6. The van der Waals surface area contributed by atoms with Gasteiger partial charge in [-0.05, 0) is 100 Å². The third kappa shape index (κ3) is 7.62. The van der Waals surface area contributed by atoms with E-state index in [1.807, 2.05) is 0 Å². The van der Waals surface area contributed by atoms with E-state index in [0.29, 0.717) is 25.2 Å². The van der Waals surface area contributed by atoms with Crippen LogP contribution in [-0.4, -0.2) is 187 Å². The molecule has 5 heterocycles. The number of allylic oxidation sites excluding steroid dienone is 1. The lowest BCUT2D eigenvalue weighted by molar-refractivity contribution is -0.388. The molecule has 8 fully saturated rings. The van der Waals surface area contributed by atoms with Crippen LogP contribution in [0.2, 0.25) is 0 Å². The fourth-order valence-corrected chi connectivity index (χ4v) is 14.2. The van der Waals surface area contributed by atoms with Crippen LogP contribution in [0.4, 0.5) is 0 Å². The molecule has 27 atom stereocenters. The summed E-state index contributed by atoms with van der Waals surface area (Å²) < 4.78 is 43.5. The number of ether oxygens (including phenoxy) is 7. The highest BCUT2D eigenvalue weighted by molar-refractivity contribution is 5.27. The summed E-state index contributed by atoms with van der Waals surface area (Å²) in [5.41, 5.74) is 0.298. The topological polar surface area (TPSA) is 279 Å². The van der Waals surface area contributed by atoms with Gasteiger partial charge in [0.2, 0.25) is 0 Å². The standard InChI is InChI=1S/C45H73NO17/c1-18-30-27(63-45(18)11-8-21(16-47)15-46-45)13-26-24-7-6-22-12-23(9-10-43(22,4)25(24)14-29(49)44(26,30)5)59-42-39(62-41-36(55)34(53)32(51)20(3)58-41)37(56)38(28(17-48)60-42)61-40-35(54)33(52)31(50)19(2)57-40/h6,18-21,23-42,46-56H,7-17H2,1-5H3/t18-,19-,20-,21+,23-,24?,25?,26?,27-,28+,29+,30-,31-,32-,33+,34+,35+,36+,37-,38+,39+,40-,41-,42+,43-,44+,45+/m0/s1. The smallest absolute Gasteiger partial charge is 0.187 e. The molecule has 0 radical (unpaired) electrons. The minimum Gasteiger partial charge on any atom is -0.396 e. The van der Waals surface area contributed by atoms with Crippen LogP contribution >= 0.6 is 0 Å². The van der Waals surface area contributed by atoms with E-state index in [2.05, 4.69) is 32.2 Å². The summed E-state index contributed by atoms with van der Waals surface area (Å²) >= 11 is 0. The van der Waals surface area contributed by atoms with Crippen LogP contribution in [0.15, 0.2) is 11.6 Å². The van der Waals surface area contributed by atoms with E-state index in [1.54, 1.807) is 0 Å². The first-order valence-electron chi connectivity index (χ1n) is 23.6. The van der Waals surface area contributed by atoms with Crippen molar-refractivity contribution in [3.63, 3.8) is 0 Å². The molecule has 63 heavy (non-hydrogen) atoms. The predicted octanol–water partition coefficient (Wildman–Crippen LogP) is -1.24. The molecule has 9 aliphatic rings. The lowest BCUT2D eigenvalue weighted by Gasteiger charge is -2.60. The van der Waals surface area contributed by atoms with Gasteiger partial charge in [-0.1, -0.05) is 32.4 Å². The SMILES string of the molecule is C[C@@H]1O[C@@H](O[C@H]2[C@H](O[C@H]3CC[C@@]4(C)C(=CCC5C6C[C@@H]7O[C@]8(CC[C@@H](CO)CN8)[C@@H](C)[C@@H]7[C@@]6(C)[C@H](O)CC54)C3)O[C@H](CO)[C@@H](O[C@@H]3O[C@@H](C)[C@H](O)[C@@H](O)[C@H]3O)[C@@H]2O)[C@H](O)[C@H](O)[C@H]1O. The number of fused-ring (bicyclic) bond motifs is 7. The van der Waals surface area contributed by atoms with Gasteiger partial charge in [-0.2, -0.15) is 0 Å². The van der Waals surface area contributed by atoms with Crippen LogP contribution in [0.3, 0.4) is 0 Å². The molecule has 0 bridgehead atoms. The quantitative estimate of drug-likeness (QED) is 0.127. The lowest BCUT2D eigenvalue weighted by atomic mass is 9.46. The summed E-state index contributed by atoms with van der Waals surface area (Å²) in [7, 11) is 0. The average molecular weight is 900 g/mol. The number of hydrogen-bond donors (Lipinski definition) is 11. The molecule has 0 aromatic rings. The van der Waals surface area contributed by atoms with Gasteiger partial charge in [0.15, 0.2) is 18.9 Å². The predicted molar refractivity (Wildman–Crippen MR) is 218 cm³/mol. The number of hydrogen-bond acceptors (Lipinski definition) is 18. The highest BCUT2D eigenvalue weighted by Gasteiger charge is 2.71. The van der Waals surface area contributed by atoms with Crippen molar-refractivity contribution in [1.29, 1.82) is 0 Å². The van der Waals surface area contributed by atoms with Gasteiger partial charge in [-0.25, -0.2) is 0 Å². The molecule has 3 saturated carbocycles. The van der Waals surface area contributed by atoms with Crippen molar-refractivity contribution in [1.82, 2.24) is 5.32 Å². The van der Waals surface area contributed by atoms with E-state index in [9.17, 15) is 51.1 Å². The van der Waals surface area contributed by atoms with E-state index in [0.717, 1.165) is 38.6 Å². The number of piperidine rings is 1. The van der Waals surface area contributed by atoms with Crippen LogP contribution in [-0.2, 0) is 33.2 Å². The Labute approximate surface area is 368 Å². The largest absolute Gasteiger partial charge is 0.396 e. The Morgan fingerprint density at radius 1 is 0.698 bits per heavy atom. The van der Waals surface area contributed by atoms with Crippen molar-refractivity contribution in [3.8, 4) is 0 Å². The maximum atomic E-state index is 12.3. The molecule has 11 N–H and O–H groups in total. The highest BCUT2D eigenvalue weighted by atomic mass is 16.8. The molecular formula is C45H73NO17. The molecule has 4 aliphatic carbocycles. The van der Waals surface area contributed by atoms with Gasteiger partial charge in [-0.3, -0.25) is 5.32 Å². The third-order valence-corrected chi connectivity index (χ3v) is 18.1. The minimum atomic E-state index is -1.73. The Morgan fingerprint density at radius 2 is 1.35 bits per heavy atom. The Balaban J connectivity index is 0.922. The summed E-state index contributed by atoms with van der Waals surface area (Å²) in [5, 5.41) is 112. The fourth-order valence-electron chi connectivity index (χ4n) is 14.2. The molecular weight excluding hydrogens is 826 g/mol. The molecule has 18 nitrogen and oxygen atoms in total. The Bertz CT molecular complexity index is 1650. The second-order valence-corrected chi connectivity index (χ2v) is 21.2. The molecule has 9 rings (SSSR count). The summed E-state index contributed by atoms with van der Waals surface area (Å²) in [6, 6.07) is 0. The van der Waals surface area contributed by atoms with Crippen molar-refractivity contribution in [2.24, 2.45) is 46.3 Å².